The summed E-state index contributed by atoms with van der Waals surface area (Å²) in [5.74, 6) is -0.532. The Morgan fingerprint density at radius 2 is 1.86 bits per heavy atom. The Balaban J connectivity index is 2.02. The van der Waals surface area contributed by atoms with E-state index in [1.165, 1.54) is 42.5 Å². The van der Waals surface area contributed by atoms with Gasteiger partial charge in [-0.15, -0.1) is 0 Å². The van der Waals surface area contributed by atoms with Gasteiger partial charge in [-0.1, -0.05) is 11.6 Å². The Hall–Kier alpha value is -2.25. The van der Waals surface area contributed by atoms with Crippen LogP contribution >= 0.6 is 23.8 Å². The number of nitro groups is 1. The number of rotatable bonds is 3. The normalized spacial score (nSPS) is 10.0. The minimum absolute atomic E-state index is 0.0248. The Morgan fingerprint density at radius 3 is 2.43 bits per heavy atom. The first-order chi connectivity index (χ1) is 9.95. The van der Waals surface area contributed by atoms with E-state index in [0.29, 0.717) is 5.69 Å². The van der Waals surface area contributed by atoms with E-state index in [1.807, 2.05) is 0 Å². The molecule has 0 unspecified atom stereocenters. The molecular weight excluding hydrogens is 317 g/mol. The van der Waals surface area contributed by atoms with Gasteiger partial charge in [0.15, 0.2) is 5.11 Å². The predicted molar refractivity (Wildman–Crippen MR) is 84.3 cm³/mol. The zero-order chi connectivity index (χ0) is 15.4. The Kier molecular flexibility index (Phi) is 4.66. The van der Waals surface area contributed by atoms with Gasteiger partial charge in [0.1, 0.15) is 5.82 Å². The number of thiocarbonyl (C=S) groups is 1. The molecule has 0 aromatic heterocycles. The number of benzene rings is 2. The summed E-state index contributed by atoms with van der Waals surface area (Å²) in [5.41, 5.74) is 0.703. The molecular formula is C13H9ClFN3O2S. The first-order valence-corrected chi connectivity index (χ1v) is 6.52. The number of nitro benzene ring substituents is 1. The van der Waals surface area contributed by atoms with Gasteiger partial charge in [0.25, 0.3) is 5.69 Å². The van der Waals surface area contributed by atoms with Crippen molar-refractivity contribution in [2.24, 2.45) is 0 Å². The monoisotopic (exact) mass is 325 g/mol. The van der Waals surface area contributed by atoms with Crippen LogP contribution in [-0.4, -0.2) is 10.0 Å². The van der Waals surface area contributed by atoms with Gasteiger partial charge in [0.2, 0.25) is 0 Å². The van der Waals surface area contributed by atoms with Gasteiger partial charge in [0.05, 0.1) is 10.6 Å². The second kappa shape index (κ2) is 6.47. The van der Waals surface area contributed by atoms with Crippen LogP contribution in [0.15, 0.2) is 42.5 Å². The highest BCUT2D eigenvalue weighted by atomic mass is 35.5. The lowest BCUT2D eigenvalue weighted by Gasteiger charge is -2.11. The molecule has 2 aromatic rings. The molecule has 0 bridgehead atoms. The molecule has 108 valence electrons. The van der Waals surface area contributed by atoms with Gasteiger partial charge in [-0.2, -0.15) is 0 Å². The van der Waals surface area contributed by atoms with E-state index >= 15 is 0 Å². The minimum Gasteiger partial charge on any atom is -0.332 e. The maximum absolute atomic E-state index is 13.6. The van der Waals surface area contributed by atoms with Crippen molar-refractivity contribution < 1.29 is 9.31 Å². The summed E-state index contributed by atoms with van der Waals surface area (Å²) in [6.07, 6.45) is 0. The van der Waals surface area contributed by atoms with Crippen molar-refractivity contribution >= 4 is 46.0 Å². The Labute approximate surface area is 129 Å². The summed E-state index contributed by atoms with van der Waals surface area (Å²) in [5, 5.41) is 16.4. The third-order valence-corrected chi connectivity index (χ3v) is 2.95. The fourth-order valence-corrected chi connectivity index (χ4v) is 1.93. The molecule has 0 fully saturated rings. The van der Waals surface area contributed by atoms with Crippen molar-refractivity contribution in [1.29, 1.82) is 0 Å². The maximum Gasteiger partial charge on any atom is 0.269 e. The fraction of sp³-hybridized carbons (Fsp3) is 0. The minimum atomic E-state index is -0.532. The second-order valence-corrected chi connectivity index (χ2v) is 4.85. The van der Waals surface area contributed by atoms with Gasteiger partial charge in [-0.3, -0.25) is 10.1 Å². The zero-order valence-corrected chi connectivity index (χ0v) is 12.0. The number of nitrogens with zero attached hydrogens (tertiary/aromatic N) is 1. The number of hydrogen-bond donors (Lipinski definition) is 2. The van der Waals surface area contributed by atoms with Crippen LogP contribution < -0.4 is 10.6 Å². The first kappa shape index (κ1) is 15.1. The molecule has 2 N–H and O–H groups in total. The lowest BCUT2D eigenvalue weighted by atomic mass is 10.3. The van der Waals surface area contributed by atoms with E-state index in [4.69, 9.17) is 23.8 Å². The fourth-order valence-electron chi connectivity index (χ4n) is 1.54. The Bertz CT molecular complexity index is 694. The molecule has 0 amide bonds. The third-order valence-electron chi connectivity index (χ3n) is 2.52. The van der Waals surface area contributed by atoms with E-state index in [1.54, 1.807) is 0 Å². The number of anilines is 2. The molecule has 0 spiro atoms. The molecule has 0 atom stereocenters. The number of non-ortho nitro benzene ring substituents is 1. The van der Waals surface area contributed by atoms with E-state index < -0.39 is 10.7 Å². The van der Waals surface area contributed by atoms with E-state index in [-0.39, 0.29) is 21.5 Å². The van der Waals surface area contributed by atoms with Gasteiger partial charge in [-0.05, 0) is 42.5 Å². The van der Waals surface area contributed by atoms with Crippen LogP contribution in [0.25, 0.3) is 0 Å². The molecule has 8 heteroatoms. The third kappa shape index (κ3) is 4.11. The molecule has 2 rings (SSSR count). The van der Waals surface area contributed by atoms with Gasteiger partial charge >= 0.3 is 0 Å². The standard InChI is InChI=1S/C13H9ClFN3O2S/c14-8-1-6-12(11(15)7-8)17-13(21)16-9-2-4-10(5-3-9)18(19)20/h1-7H,(H2,16,17,21). The summed E-state index contributed by atoms with van der Waals surface area (Å²) >= 11 is 10.7. The molecule has 0 radical (unpaired) electrons. The molecule has 0 heterocycles. The second-order valence-electron chi connectivity index (χ2n) is 4.01. The van der Waals surface area contributed by atoms with Crippen LogP contribution in [-0.2, 0) is 0 Å². The van der Waals surface area contributed by atoms with Crippen molar-refractivity contribution in [2.45, 2.75) is 0 Å². The molecule has 0 saturated heterocycles. The van der Waals surface area contributed by atoms with Crippen LogP contribution in [0.5, 0.6) is 0 Å². The zero-order valence-electron chi connectivity index (χ0n) is 10.5. The summed E-state index contributed by atoms with van der Waals surface area (Å²) in [7, 11) is 0. The van der Waals surface area contributed by atoms with E-state index in [9.17, 15) is 14.5 Å². The topological polar surface area (TPSA) is 67.2 Å². The number of nitrogens with one attached hydrogen (secondary N) is 2. The van der Waals surface area contributed by atoms with Crippen molar-refractivity contribution in [3.63, 3.8) is 0 Å². The highest BCUT2D eigenvalue weighted by Gasteiger charge is 2.07. The summed E-state index contributed by atoms with van der Waals surface area (Å²) in [6, 6.07) is 9.84. The summed E-state index contributed by atoms with van der Waals surface area (Å²) in [6.45, 7) is 0. The van der Waals surface area contributed by atoms with E-state index in [0.717, 1.165) is 0 Å². The molecule has 0 aliphatic carbocycles. The van der Waals surface area contributed by atoms with Crippen molar-refractivity contribution in [3.05, 3.63) is 63.4 Å². The van der Waals surface area contributed by atoms with E-state index in [2.05, 4.69) is 10.6 Å². The lowest BCUT2D eigenvalue weighted by Crippen LogP contribution is -2.19. The van der Waals surface area contributed by atoms with Crippen molar-refractivity contribution in [1.82, 2.24) is 0 Å². The highest BCUT2D eigenvalue weighted by molar-refractivity contribution is 7.80. The lowest BCUT2D eigenvalue weighted by molar-refractivity contribution is -0.384. The first-order valence-electron chi connectivity index (χ1n) is 5.73. The average Bonchev–Trinajstić information content (AvgIpc) is 2.42. The van der Waals surface area contributed by atoms with Crippen LogP contribution in [0.3, 0.4) is 0 Å². The van der Waals surface area contributed by atoms with Crippen LogP contribution in [0.2, 0.25) is 5.02 Å². The smallest absolute Gasteiger partial charge is 0.269 e. The van der Waals surface area contributed by atoms with Gasteiger partial charge < -0.3 is 10.6 Å². The average molecular weight is 326 g/mol. The molecule has 5 nitrogen and oxygen atoms in total. The van der Waals surface area contributed by atoms with Crippen LogP contribution in [0, 0.1) is 15.9 Å². The summed E-state index contributed by atoms with van der Waals surface area (Å²) in [4.78, 5) is 10.0. The van der Waals surface area contributed by atoms with Crippen molar-refractivity contribution in [2.75, 3.05) is 10.6 Å². The summed E-state index contributed by atoms with van der Waals surface area (Å²) < 4.78 is 13.6. The quantitative estimate of drug-likeness (QED) is 0.503. The van der Waals surface area contributed by atoms with Crippen LogP contribution in [0.4, 0.5) is 21.5 Å². The molecule has 0 aliphatic rings. The van der Waals surface area contributed by atoms with Crippen molar-refractivity contribution in [3.8, 4) is 0 Å². The van der Waals surface area contributed by atoms with Gasteiger partial charge in [-0.25, -0.2) is 4.39 Å². The molecule has 2 aromatic carbocycles. The molecule has 0 aliphatic heterocycles. The predicted octanol–water partition coefficient (Wildman–Crippen LogP) is 4.20. The van der Waals surface area contributed by atoms with Gasteiger partial charge in [0, 0.05) is 22.8 Å². The van der Waals surface area contributed by atoms with Crippen LogP contribution in [0.1, 0.15) is 0 Å². The SMILES string of the molecule is O=[N+]([O-])c1ccc(NC(=S)Nc2ccc(Cl)cc2F)cc1. The maximum atomic E-state index is 13.6. The number of halogens is 2. The largest absolute Gasteiger partial charge is 0.332 e. The highest BCUT2D eigenvalue weighted by Crippen LogP contribution is 2.20. The Morgan fingerprint density at radius 1 is 1.19 bits per heavy atom. The number of hydrogen-bond acceptors (Lipinski definition) is 3. The molecule has 0 saturated carbocycles. The molecule has 21 heavy (non-hydrogen) atoms.